The van der Waals surface area contributed by atoms with Crippen LogP contribution in [0.15, 0.2) is 33.7 Å². The van der Waals surface area contributed by atoms with E-state index in [1.807, 2.05) is 0 Å². The second-order valence-electron chi connectivity index (χ2n) is 4.46. The first-order valence-electron chi connectivity index (χ1n) is 6.06. The maximum absolute atomic E-state index is 12.1. The molecule has 0 aliphatic rings. The molecule has 1 heterocycles. The first-order chi connectivity index (χ1) is 9.81. The van der Waals surface area contributed by atoms with Gasteiger partial charge in [0.15, 0.2) is 0 Å². The minimum Gasteiger partial charge on any atom is -0.478 e. The molecule has 0 spiro atoms. The molecule has 2 rings (SSSR count). The van der Waals surface area contributed by atoms with E-state index < -0.39 is 16.0 Å². The van der Waals surface area contributed by atoms with E-state index in [1.165, 1.54) is 24.3 Å². The van der Waals surface area contributed by atoms with Crippen molar-refractivity contribution in [2.75, 3.05) is 0 Å². The molecule has 0 atom stereocenters. The van der Waals surface area contributed by atoms with Crippen molar-refractivity contribution in [2.24, 2.45) is 0 Å². The minimum atomic E-state index is -3.72. The number of carbonyl (C=O) groups is 1. The maximum atomic E-state index is 12.1. The van der Waals surface area contributed by atoms with Gasteiger partial charge in [0.05, 0.1) is 16.2 Å². The molecule has 0 bridgehead atoms. The molecular weight excluding hydrogens is 296 g/mol. The van der Waals surface area contributed by atoms with E-state index in [-0.39, 0.29) is 17.0 Å². The van der Waals surface area contributed by atoms with Gasteiger partial charge < -0.3 is 9.63 Å². The second kappa shape index (κ2) is 5.66. The van der Waals surface area contributed by atoms with Crippen LogP contribution in [-0.2, 0) is 16.6 Å². The number of carboxylic acids is 1. The molecule has 21 heavy (non-hydrogen) atoms. The highest BCUT2D eigenvalue weighted by Crippen LogP contribution is 2.15. The molecule has 0 fully saturated rings. The van der Waals surface area contributed by atoms with E-state index in [1.54, 1.807) is 13.8 Å². The molecule has 7 nitrogen and oxygen atoms in total. The summed E-state index contributed by atoms with van der Waals surface area (Å²) in [4.78, 5) is 10.7. The van der Waals surface area contributed by atoms with E-state index in [0.717, 1.165) is 0 Å². The maximum Gasteiger partial charge on any atom is 0.335 e. The van der Waals surface area contributed by atoms with Crippen molar-refractivity contribution < 1.29 is 22.8 Å². The number of carboxylic acid groups (broad SMARTS) is 1. The lowest BCUT2D eigenvalue weighted by atomic mass is 10.2. The molecule has 0 saturated heterocycles. The molecule has 1 aromatic heterocycles. The van der Waals surface area contributed by atoms with E-state index in [0.29, 0.717) is 17.0 Å². The summed E-state index contributed by atoms with van der Waals surface area (Å²) in [6, 6.07) is 4.98. The quantitative estimate of drug-likeness (QED) is 0.865. The van der Waals surface area contributed by atoms with E-state index in [2.05, 4.69) is 9.88 Å². The van der Waals surface area contributed by atoms with Gasteiger partial charge in [-0.15, -0.1) is 0 Å². The number of nitrogens with one attached hydrogen (secondary N) is 1. The molecule has 8 heteroatoms. The van der Waals surface area contributed by atoms with Crippen molar-refractivity contribution in [1.29, 1.82) is 0 Å². The number of rotatable bonds is 5. The van der Waals surface area contributed by atoms with Gasteiger partial charge in [0.2, 0.25) is 10.0 Å². The average molecular weight is 310 g/mol. The molecule has 2 aromatic rings. The number of aryl methyl sites for hydroxylation is 2. The van der Waals surface area contributed by atoms with Gasteiger partial charge in [0, 0.05) is 12.1 Å². The molecule has 0 unspecified atom stereocenters. The van der Waals surface area contributed by atoms with Gasteiger partial charge in [-0.3, -0.25) is 0 Å². The van der Waals surface area contributed by atoms with Crippen molar-refractivity contribution in [3.63, 3.8) is 0 Å². The van der Waals surface area contributed by atoms with Crippen LogP contribution in [0.5, 0.6) is 0 Å². The van der Waals surface area contributed by atoms with Crippen LogP contribution >= 0.6 is 0 Å². The number of hydrogen-bond acceptors (Lipinski definition) is 5. The summed E-state index contributed by atoms with van der Waals surface area (Å²) in [5.41, 5.74) is 1.33. The number of nitrogens with zero attached hydrogens (tertiary/aromatic N) is 1. The van der Waals surface area contributed by atoms with Crippen LogP contribution in [0.3, 0.4) is 0 Å². The number of hydrogen-bond donors (Lipinski definition) is 2. The predicted molar refractivity (Wildman–Crippen MR) is 73.4 cm³/mol. The fraction of sp³-hybridized carbons (Fsp3) is 0.231. The summed E-state index contributed by atoms with van der Waals surface area (Å²) in [6.07, 6.45) is 0. The minimum absolute atomic E-state index is 0.000685. The monoisotopic (exact) mass is 310 g/mol. The molecule has 0 saturated carbocycles. The number of aromatic nitrogens is 1. The smallest absolute Gasteiger partial charge is 0.335 e. The van der Waals surface area contributed by atoms with Crippen LogP contribution in [0, 0.1) is 13.8 Å². The van der Waals surface area contributed by atoms with Crippen molar-refractivity contribution in [1.82, 2.24) is 9.88 Å². The van der Waals surface area contributed by atoms with Gasteiger partial charge in [0.25, 0.3) is 0 Å². The molecule has 1 aromatic carbocycles. The third-order valence-electron chi connectivity index (χ3n) is 3.03. The zero-order valence-electron chi connectivity index (χ0n) is 11.5. The molecule has 0 amide bonds. The third-order valence-corrected chi connectivity index (χ3v) is 4.45. The standard InChI is InChI=1S/C13H14N2O5S/c1-8-12(9(2)20-15-8)7-14-21(18,19)11-5-3-10(4-6-11)13(16)17/h3-6,14H,7H2,1-2H3,(H,16,17). The van der Waals surface area contributed by atoms with Crippen LogP contribution in [-0.4, -0.2) is 24.7 Å². The highest BCUT2D eigenvalue weighted by molar-refractivity contribution is 7.89. The fourth-order valence-electron chi connectivity index (χ4n) is 1.78. The molecule has 0 aliphatic carbocycles. The lowest BCUT2D eigenvalue weighted by Gasteiger charge is -2.06. The lowest BCUT2D eigenvalue weighted by Crippen LogP contribution is -2.23. The van der Waals surface area contributed by atoms with E-state index >= 15 is 0 Å². The summed E-state index contributed by atoms with van der Waals surface area (Å²) in [5.74, 6) is -0.556. The summed E-state index contributed by atoms with van der Waals surface area (Å²) >= 11 is 0. The Kier molecular flexibility index (Phi) is 4.10. The first-order valence-corrected chi connectivity index (χ1v) is 7.54. The molecule has 2 N–H and O–H groups in total. The van der Waals surface area contributed by atoms with Crippen LogP contribution in [0.1, 0.15) is 27.4 Å². The van der Waals surface area contributed by atoms with Crippen LogP contribution in [0.25, 0.3) is 0 Å². The summed E-state index contributed by atoms with van der Waals surface area (Å²) in [6.45, 7) is 3.48. The summed E-state index contributed by atoms with van der Waals surface area (Å²) < 4.78 is 31.6. The average Bonchev–Trinajstić information content (AvgIpc) is 2.76. The van der Waals surface area contributed by atoms with Gasteiger partial charge in [-0.2, -0.15) is 0 Å². The summed E-state index contributed by atoms with van der Waals surface area (Å²) in [7, 11) is -3.72. The number of benzene rings is 1. The van der Waals surface area contributed by atoms with Gasteiger partial charge >= 0.3 is 5.97 Å². The van der Waals surface area contributed by atoms with Crippen molar-refractivity contribution >= 4 is 16.0 Å². The third kappa shape index (κ3) is 3.29. The Bertz CT molecular complexity index is 743. The van der Waals surface area contributed by atoms with Crippen LogP contribution < -0.4 is 4.72 Å². The Labute approximate surface area is 121 Å². The Morgan fingerprint density at radius 3 is 2.38 bits per heavy atom. The van der Waals surface area contributed by atoms with Gasteiger partial charge in [-0.05, 0) is 38.1 Å². The van der Waals surface area contributed by atoms with Gasteiger partial charge in [0.1, 0.15) is 5.76 Å². The Balaban J connectivity index is 2.17. The van der Waals surface area contributed by atoms with Crippen LogP contribution in [0.2, 0.25) is 0 Å². The second-order valence-corrected chi connectivity index (χ2v) is 6.22. The lowest BCUT2D eigenvalue weighted by molar-refractivity contribution is 0.0696. The Hall–Kier alpha value is -2.19. The zero-order chi connectivity index (χ0) is 15.6. The zero-order valence-corrected chi connectivity index (χ0v) is 12.3. The molecule has 0 radical (unpaired) electrons. The van der Waals surface area contributed by atoms with Gasteiger partial charge in [-0.25, -0.2) is 17.9 Å². The van der Waals surface area contributed by atoms with Gasteiger partial charge in [-0.1, -0.05) is 5.16 Å². The number of sulfonamides is 1. The summed E-state index contributed by atoms with van der Waals surface area (Å²) in [5, 5.41) is 12.5. The highest BCUT2D eigenvalue weighted by Gasteiger charge is 2.17. The predicted octanol–water partition coefficient (Wildman–Crippen LogP) is 1.47. The molecule has 112 valence electrons. The fourth-order valence-corrected chi connectivity index (χ4v) is 2.78. The number of aromatic carboxylic acids is 1. The normalized spacial score (nSPS) is 11.5. The molecular formula is C13H14N2O5S. The topological polar surface area (TPSA) is 110 Å². The van der Waals surface area contributed by atoms with Crippen molar-refractivity contribution in [3.05, 3.63) is 46.8 Å². The SMILES string of the molecule is Cc1noc(C)c1CNS(=O)(=O)c1ccc(C(=O)O)cc1. The Morgan fingerprint density at radius 1 is 1.29 bits per heavy atom. The largest absolute Gasteiger partial charge is 0.478 e. The van der Waals surface area contributed by atoms with Crippen LogP contribution in [0.4, 0.5) is 0 Å². The van der Waals surface area contributed by atoms with Crippen molar-refractivity contribution in [3.8, 4) is 0 Å². The Morgan fingerprint density at radius 2 is 1.90 bits per heavy atom. The van der Waals surface area contributed by atoms with Crippen molar-refractivity contribution in [2.45, 2.75) is 25.3 Å². The molecule has 0 aliphatic heterocycles. The van der Waals surface area contributed by atoms with E-state index in [9.17, 15) is 13.2 Å². The first kappa shape index (κ1) is 15.2. The highest BCUT2D eigenvalue weighted by atomic mass is 32.2. The van der Waals surface area contributed by atoms with E-state index in [4.69, 9.17) is 9.63 Å².